The second kappa shape index (κ2) is 7.68. The molecule has 0 aromatic heterocycles. The summed E-state index contributed by atoms with van der Waals surface area (Å²) in [4.78, 5) is 0. The maximum Gasteiger partial charge on any atom is 0.0988 e. The molecule has 0 fully saturated rings. The van der Waals surface area contributed by atoms with Crippen molar-refractivity contribution in [2.45, 2.75) is 39.2 Å². The lowest BCUT2D eigenvalue weighted by atomic mass is 9.90. The molecule has 0 aliphatic heterocycles. The molecule has 0 bridgehead atoms. The number of allylic oxidation sites excluding steroid dienone is 7. The van der Waals surface area contributed by atoms with Crippen molar-refractivity contribution in [3.05, 3.63) is 47.6 Å². The molecule has 1 N–H and O–H groups in total. The molecule has 2 heteroatoms. The molecule has 1 aliphatic rings. The molecule has 1 rings (SSSR count). The van der Waals surface area contributed by atoms with E-state index < -0.39 is 0 Å². The van der Waals surface area contributed by atoms with Gasteiger partial charge in [0.15, 0.2) is 0 Å². The summed E-state index contributed by atoms with van der Waals surface area (Å²) in [5.74, 6) is 0.348. The van der Waals surface area contributed by atoms with Gasteiger partial charge in [-0.3, -0.25) is 0 Å². The number of aliphatic hydroxyl groups excluding tert-OH is 1. The van der Waals surface area contributed by atoms with Gasteiger partial charge in [-0.05, 0) is 45.1 Å². The minimum atomic E-state index is -0.320. The van der Waals surface area contributed by atoms with Crippen LogP contribution in [0.4, 0.5) is 0 Å². The Kier molecular flexibility index (Phi) is 6.18. The molecule has 0 aromatic carbocycles. The van der Waals surface area contributed by atoms with E-state index in [1.165, 1.54) is 0 Å². The van der Waals surface area contributed by atoms with Crippen LogP contribution in [0.15, 0.2) is 47.6 Å². The number of hydrogen-bond donors (Lipinski definition) is 1. The Bertz CT molecular complexity index is 421. The predicted molar refractivity (Wildman–Crippen MR) is 74.8 cm³/mol. The molecule has 0 saturated carbocycles. The number of aliphatic hydroxyl groups is 1. The maximum atomic E-state index is 10.1. The smallest absolute Gasteiger partial charge is 0.0988 e. The van der Waals surface area contributed by atoms with Gasteiger partial charge in [0.2, 0.25) is 0 Å². The van der Waals surface area contributed by atoms with E-state index in [9.17, 15) is 5.11 Å². The van der Waals surface area contributed by atoms with Crippen LogP contribution < -0.4 is 0 Å². The summed E-state index contributed by atoms with van der Waals surface area (Å²) < 4.78 is 0. The SMILES string of the molecule is CC=CC(=CC)CC(O)CC1C=CC(C#N)=CC1. The number of nitrogens with zero attached hydrogens (tertiary/aromatic N) is 1. The lowest BCUT2D eigenvalue weighted by Gasteiger charge is -2.18. The van der Waals surface area contributed by atoms with Crippen LogP contribution in [-0.4, -0.2) is 11.2 Å². The third kappa shape index (κ3) is 4.73. The summed E-state index contributed by atoms with van der Waals surface area (Å²) in [7, 11) is 0. The summed E-state index contributed by atoms with van der Waals surface area (Å²) in [6.45, 7) is 3.97. The number of rotatable bonds is 5. The van der Waals surface area contributed by atoms with Gasteiger partial charge in [-0.25, -0.2) is 0 Å². The zero-order valence-electron chi connectivity index (χ0n) is 11.1. The molecule has 1 aliphatic carbocycles. The highest BCUT2D eigenvalue weighted by atomic mass is 16.3. The van der Waals surface area contributed by atoms with Crippen LogP contribution in [-0.2, 0) is 0 Å². The third-order valence-corrected chi connectivity index (χ3v) is 3.12. The van der Waals surface area contributed by atoms with Crippen molar-refractivity contribution in [2.75, 3.05) is 0 Å². The summed E-state index contributed by atoms with van der Waals surface area (Å²) in [6.07, 6.45) is 13.9. The standard InChI is InChI=1S/C16H21NO/c1-3-5-13(4-2)10-16(18)11-14-6-8-15(12-17)9-7-14/h3-6,8-9,14,16,18H,7,10-11H2,1-2H3. The zero-order chi connectivity index (χ0) is 13.4. The first kappa shape index (κ1) is 14.5. The molecule has 2 unspecified atom stereocenters. The third-order valence-electron chi connectivity index (χ3n) is 3.12. The van der Waals surface area contributed by atoms with Crippen molar-refractivity contribution in [3.8, 4) is 6.07 Å². The van der Waals surface area contributed by atoms with Gasteiger partial charge in [0.25, 0.3) is 0 Å². The molecule has 96 valence electrons. The van der Waals surface area contributed by atoms with Crippen LogP contribution in [0.3, 0.4) is 0 Å². The van der Waals surface area contributed by atoms with Gasteiger partial charge in [-0.15, -0.1) is 0 Å². The van der Waals surface area contributed by atoms with Crippen molar-refractivity contribution < 1.29 is 5.11 Å². The molecule has 0 saturated heterocycles. The second-order valence-electron chi connectivity index (χ2n) is 4.58. The molecule has 0 spiro atoms. The Morgan fingerprint density at radius 2 is 2.39 bits per heavy atom. The lowest BCUT2D eigenvalue weighted by Crippen LogP contribution is -2.13. The largest absolute Gasteiger partial charge is 0.393 e. The van der Waals surface area contributed by atoms with E-state index in [4.69, 9.17) is 5.26 Å². The highest BCUT2D eigenvalue weighted by Crippen LogP contribution is 2.23. The van der Waals surface area contributed by atoms with Crippen LogP contribution in [0.5, 0.6) is 0 Å². The molecule has 0 aromatic rings. The van der Waals surface area contributed by atoms with Crippen LogP contribution in [0.25, 0.3) is 0 Å². The van der Waals surface area contributed by atoms with E-state index in [0.29, 0.717) is 12.3 Å². The van der Waals surface area contributed by atoms with Crippen molar-refractivity contribution >= 4 is 0 Å². The first-order chi connectivity index (χ1) is 8.69. The summed E-state index contributed by atoms with van der Waals surface area (Å²) in [6, 6.07) is 2.13. The molecule has 2 atom stereocenters. The minimum Gasteiger partial charge on any atom is -0.393 e. The summed E-state index contributed by atoms with van der Waals surface area (Å²) in [5.41, 5.74) is 1.89. The summed E-state index contributed by atoms with van der Waals surface area (Å²) >= 11 is 0. The maximum absolute atomic E-state index is 10.1. The Balaban J connectivity index is 2.43. The molecule has 0 heterocycles. The van der Waals surface area contributed by atoms with E-state index in [0.717, 1.165) is 24.0 Å². The van der Waals surface area contributed by atoms with E-state index in [1.807, 2.05) is 50.3 Å². The molecule has 0 radical (unpaired) electrons. The van der Waals surface area contributed by atoms with Gasteiger partial charge in [0.1, 0.15) is 0 Å². The van der Waals surface area contributed by atoms with Crippen molar-refractivity contribution in [1.29, 1.82) is 5.26 Å². The highest BCUT2D eigenvalue weighted by Gasteiger charge is 2.14. The molecular formula is C16H21NO. The fraction of sp³-hybridized carbons (Fsp3) is 0.438. The molecule has 0 amide bonds. The van der Waals surface area contributed by atoms with Gasteiger partial charge in [0.05, 0.1) is 12.2 Å². The van der Waals surface area contributed by atoms with Crippen LogP contribution in [0.1, 0.15) is 33.1 Å². The fourth-order valence-corrected chi connectivity index (χ4v) is 2.12. The molecule has 18 heavy (non-hydrogen) atoms. The van der Waals surface area contributed by atoms with E-state index in [2.05, 4.69) is 6.07 Å². The minimum absolute atomic E-state index is 0.320. The van der Waals surface area contributed by atoms with Crippen LogP contribution in [0, 0.1) is 17.2 Å². The average molecular weight is 243 g/mol. The lowest BCUT2D eigenvalue weighted by molar-refractivity contribution is 0.151. The van der Waals surface area contributed by atoms with Crippen LogP contribution >= 0.6 is 0 Å². The van der Waals surface area contributed by atoms with Gasteiger partial charge >= 0.3 is 0 Å². The van der Waals surface area contributed by atoms with Gasteiger partial charge in [-0.2, -0.15) is 5.26 Å². The van der Waals surface area contributed by atoms with Crippen molar-refractivity contribution in [3.63, 3.8) is 0 Å². The monoisotopic (exact) mass is 243 g/mol. The molecular weight excluding hydrogens is 222 g/mol. The quantitative estimate of drug-likeness (QED) is 0.749. The highest BCUT2D eigenvalue weighted by molar-refractivity contribution is 5.35. The van der Waals surface area contributed by atoms with E-state index in [1.54, 1.807) is 0 Å². The van der Waals surface area contributed by atoms with Gasteiger partial charge in [0, 0.05) is 5.57 Å². The Labute approximate surface area is 110 Å². The number of nitriles is 1. The first-order valence-corrected chi connectivity index (χ1v) is 6.44. The Morgan fingerprint density at radius 3 is 2.89 bits per heavy atom. The predicted octanol–water partition coefficient (Wildman–Crippen LogP) is 3.68. The van der Waals surface area contributed by atoms with E-state index in [-0.39, 0.29) is 6.10 Å². The fourth-order valence-electron chi connectivity index (χ4n) is 2.12. The topological polar surface area (TPSA) is 44.0 Å². The van der Waals surface area contributed by atoms with Gasteiger partial charge < -0.3 is 5.11 Å². The average Bonchev–Trinajstić information content (AvgIpc) is 2.39. The second-order valence-corrected chi connectivity index (χ2v) is 4.58. The van der Waals surface area contributed by atoms with Crippen molar-refractivity contribution in [2.24, 2.45) is 5.92 Å². The Hall–Kier alpha value is -1.59. The molecule has 2 nitrogen and oxygen atoms in total. The van der Waals surface area contributed by atoms with Gasteiger partial charge in [-0.1, -0.05) is 36.0 Å². The zero-order valence-corrected chi connectivity index (χ0v) is 11.1. The van der Waals surface area contributed by atoms with E-state index >= 15 is 0 Å². The first-order valence-electron chi connectivity index (χ1n) is 6.44. The van der Waals surface area contributed by atoms with Crippen LogP contribution in [0.2, 0.25) is 0 Å². The normalized spacial score (nSPS) is 21.8. The Morgan fingerprint density at radius 1 is 1.61 bits per heavy atom. The number of hydrogen-bond acceptors (Lipinski definition) is 2. The van der Waals surface area contributed by atoms with Crippen molar-refractivity contribution in [1.82, 2.24) is 0 Å². The summed E-state index contributed by atoms with van der Waals surface area (Å²) in [5, 5.41) is 18.8.